The predicted octanol–water partition coefficient (Wildman–Crippen LogP) is 2.57. The summed E-state index contributed by atoms with van der Waals surface area (Å²) in [5.74, 6) is 1.08. The van der Waals surface area contributed by atoms with Crippen molar-refractivity contribution in [2.45, 2.75) is 32.7 Å². The monoisotopic (exact) mass is 332 g/mol. The van der Waals surface area contributed by atoms with Gasteiger partial charge < -0.3 is 15.4 Å². The molecule has 0 aliphatic heterocycles. The number of hydrogen-bond acceptors (Lipinski definition) is 3. The highest BCUT2D eigenvalue weighted by Gasteiger charge is 2.20. The normalized spacial score (nSPS) is 14.3. The quantitative estimate of drug-likeness (QED) is 0.414. The molecule has 0 saturated heterocycles. The van der Waals surface area contributed by atoms with E-state index in [1.54, 1.807) is 0 Å². The van der Waals surface area contributed by atoms with Crippen molar-refractivity contribution in [3.63, 3.8) is 0 Å². The second-order valence-corrected chi connectivity index (χ2v) is 5.91. The maximum atomic E-state index is 13.8. The van der Waals surface area contributed by atoms with Gasteiger partial charge in [0.1, 0.15) is 5.82 Å². The van der Waals surface area contributed by atoms with Gasteiger partial charge in [-0.15, -0.1) is 0 Å². The van der Waals surface area contributed by atoms with E-state index in [1.165, 1.54) is 31.0 Å². The molecule has 1 aromatic rings. The Hall–Kier alpha value is -2.13. The summed E-state index contributed by atoms with van der Waals surface area (Å²) in [4.78, 5) is 4.38. The predicted molar refractivity (Wildman–Crippen MR) is 92.1 cm³/mol. The average molecular weight is 332 g/mol. The van der Waals surface area contributed by atoms with E-state index in [0.29, 0.717) is 17.1 Å². The Bertz CT molecular complexity index is 593. The fraction of sp³-hybridized carbons (Fsp3) is 0.556. The maximum Gasteiger partial charge on any atom is 0.191 e. The van der Waals surface area contributed by atoms with Crippen LogP contribution in [0.2, 0.25) is 0 Å². The standard InChI is InChI=1S/C18H25FN4O/c1-2-21-18(22-8-3-9-24-13-14-4-5-14)23-12-16-10-15(11-20)6-7-17(16)19/h6-7,10,14H,2-5,8-9,12-13H2,1H3,(H2,21,22,23). The Morgan fingerprint density at radius 1 is 1.42 bits per heavy atom. The van der Waals surface area contributed by atoms with Crippen LogP contribution in [0.15, 0.2) is 23.2 Å². The number of hydrogen-bond donors (Lipinski definition) is 2. The van der Waals surface area contributed by atoms with E-state index in [2.05, 4.69) is 15.6 Å². The minimum absolute atomic E-state index is 0.189. The number of ether oxygens (including phenoxy) is 1. The average Bonchev–Trinajstić information content (AvgIpc) is 3.41. The van der Waals surface area contributed by atoms with Gasteiger partial charge in [0.15, 0.2) is 5.96 Å². The third-order valence-corrected chi connectivity index (χ3v) is 3.73. The first-order valence-electron chi connectivity index (χ1n) is 8.51. The van der Waals surface area contributed by atoms with Gasteiger partial charge in [-0.25, -0.2) is 9.38 Å². The van der Waals surface area contributed by atoms with Crippen molar-refractivity contribution in [3.8, 4) is 6.07 Å². The zero-order valence-corrected chi connectivity index (χ0v) is 14.1. The summed E-state index contributed by atoms with van der Waals surface area (Å²) in [6.45, 7) is 5.26. The van der Waals surface area contributed by atoms with Gasteiger partial charge in [-0.2, -0.15) is 5.26 Å². The zero-order chi connectivity index (χ0) is 17.2. The van der Waals surface area contributed by atoms with Crippen LogP contribution in [0.4, 0.5) is 4.39 Å². The number of benzene rings is 1. The summed E-state index contributed by atoms with van der Waals surface area (Å²) < 4.78 is 19.4. The molecule has 0 bridgehead atoms. The van der Waals surface area contributed by atoms with Crippen molar-refractivity contribution in [2.24, 2.45) is 10.9 Å². The lowest BCUT2D eigenvalue weighted by Gasteiger charge is -2.11. The lowest BCUT2D eigenvalue weighted by Crippen LogP contribution is -2.38. The molecule has 0 atom stereocenters. The number of nitrogens with zero attached hydrogens (tertiary/aromatic N) is 2. The molecule has 0 radical (unpaired) electrons. The molecule has 2 rings (SSSR count). The van der Waals surface area contributed by atoms with E-state index in [-0.39, 0.29) is 12.4 Å². The van der Waals surface area contributed by atoms with E-state index in [1.807, 2.05) is 13.0 Å². The summed E-state index contributed by atoms with van der Waals surface area (Å²) in [6, 6.07) is 6.32. The first kappa shape index (κ1) is 18.2. The molecule has 1 aliphatic carbocycles. The third kappa shape index (κ3) is 6.55. The SMILES string of the molecule is CCNC(=NCc1cc(C#N)ccc1F)NCCCOCC1CC1. The molecule has 2 N–H and O–H groups in total. The van der Waals surface area contributed by atoms with E-state index in [9.17, 15) is 4.39 Å². The molecule has 6 heteroatoms. The number of nitrogens with one attached hydrogen (secondary N) is 2. The Morgan fingerprint density at radius 3 is 2.96 bits per heavy atom. The van der Waals surface area contributed by atoms with Gasteiger partial charge in [0, 0.05) is 31.9 Å². The summed E-state index contributed by atoms with van der Waals surface area (Å²) in [5.41, 5.74) is 0.853. The summed E-state index contributed by atoms with van der Waals surface area (Å²) in [7, 11) is 0. The molecule has 5 nitrogen and oxygen atoms in total. The number of halogens is 1. The van der Waals surface area contributed by atoms with Crippen LogP contribution in [0.1, 0.15) is 37.3 Å². The summed E-state index contributed by atoms with van der Waals surface area (Å²) >= 11 is 0. The van der Waals surface area contributed by atoms with Crippen LogP contribution in [0.25, 0.3) is 0 Å². The first-order valence-corrected chi connectivity index (χ1v) is 8.51. The summed E-state index contributed by atoms with van der Waals surface area (Å²) in [5, 5.41) is 15.2. The Morgan fingerprint density at radius 2 is 2.25 bits per heavy atom. The van der Waals surface area contributed by atoms with Crippen LogP contribution in [-0.2, 0) is 11.3 Å². The lowest BCUT2D eigenvalue weighted by atomic mass is 10.1. The Balaban J connectivity index is 1.77. The van der Waals surface area contributed by atoms with E-state index < -0.39 is 0 Å². The van der Waals surface area contributed by atoms with E-state index in [4.69, 9.17) is 10.00 Å². The molecular weight excluding hydrogens is 307 g/mol. The van der Waals surface area contributed by atoms with Crippen molar-refractivity contribution < 1.29 is 9.13 Å². The van der Waals surface area contributed by atoms with E-state index in [0.717, 1.165) is 38.6 Å². The first-order chi connectivity index (χ1) is 11.7. The molecule has 0 heterocycles. The van der Waals surface area contributed by atoms with Crippen molar-refractivity contribution in [1.29, 1.82) is 5.26 Å². The minimum atomic E-state index is -0.345. The van der Waals surface area contributed by atoms with E-state index >= 15 is 0 Å². The molecule has 130 valence electrons. The second kappa shape index (κ2) is 9.89. The Kier molecular flexibility index (Phi) is 7.50. The summed E-state index contributed by atoms with van der Waals surface area (Å²) in [6.07, 6.45) is 3.51. The molecule has 0 aromatic heterocycles. The molecule has 0 amide bonds. The van der Waals surface area contributed by atoms with Gasteiger partial charge in [-0.3, -0.25) is 0 Å². The fourth-order valence-corrected chi connectivity index (χ4v) is 2.19. The van der Waals surface area contributed by atoms with Crippen LogP contribution >= 0.6 is 0 Å². The smallest absolute Gasteiger partial charge is 0.191 e. The molecule has 1 aromatic carbocycles. The lowest BCUT2D eigenvalue weighted by molar-refractivity contribution is 0.123. The van der Waals surface area contributed by atoms with Crippen LogP contribution < -0.4 is 10.6 Å². The van der Waals surface area contributed by atoms with Crippen LogP contribution in [0.3, 0.4) is 0 Å². The van der Waals surface area contributed by atoms with Crippen molar-refractivity contribution in [1.82, 2.24) is 10.6 Å². The molecule has 1 fully saturated rings. The molecular formula is C18H25FN4O. The van der Waals surface area contributed by atoms with Crippen molar-refractivity contribution >= 4 is 5.96 Å². The highest BCUT2D eigenvalue weighted by Crippen LogP contribution is 2.28. The van der Waals surface area contributed by atoms with Crippen molar-refractivity contribution in [2.75, 3.05) is 26.3 Å². The van der Waals surface area contributed by atoms with Crippen LogP contribution in [-0.4, -0.2) is 32.3 Å². The topological polar surface area (TPSA) is 69.4 Å². The van der Waals surface area contributed by atoms with Gasteiger partial charge in [-0.05, 0) is 50.3 Å². The molecule has 0 unspecified atom stereocenters. The Labute approximate surface area is 142 Å². The van der Waals surface area contributed by atoms with Gasteiger partial charge in [0.2, 0.25) is 0 Å². The van der Waals surface area contributed by atoms with Crippen molar-refractivity contribution in [3.05, 3.63) is 35.1 Å². The van der Waals surface area contributed by atoms with Gasteiger partial charge in [0.05, 0.1) is 18.2 Å². The minimum Gasteiger partial charge on any atom is -0.381 e. The van der Waals surface area contributed by atoms with Gasteiger partial charge >= 0.3 is 0 Å². The number of aliphatic imine (C=N–C) groups is 1. The zero-order valence-electron chi connectivity index (χ0n) is 14.1. The van der Waals surface area contributed by atoms with Gasteiger partial charge in [0.25, 0.3) is 0 Å². The molecule has 1 saturated carbocycles. The molecule has 24 heavy (non-hydrogen) atoms. The number of nitriles is 1. The van der Waals surface area contributed by atoms with Crippen LogP contribution in [0, 0.1) is 23.1 Å². The third-order valence-electron chi connectivity index (χ3n) is 3.73. The highest BCUT2D eigenvalue weighted by molar-refractivity contribution is 5.79. The second-order valence-electron chi connectivity index (χ2n) is 5.91. The largest absolute Gasteiger partial charge is 0.381 e. The van der Waals surface area contributed by atoms with Gasteiger partial charge in [-0.1, -0.05) is 0 Å². The number of rotatable bonds is 9. The fourth-order valence-electron chi connectivity index (χ4n) is 2.19. The maximum absolute atomic E-state index is 13.8. The molecule has 0 spiro atoms. The number of guanidine groups is 1. The van der Waals surface area contributed by atoms with Crippen LogP contribution in [0.5, 0.6) is 0 Å². The highest BCUT2D eigenvalue weighted by atomic mass is 19.1. The molecule has 1 aliphatic rings.